The number of benzene rings is 1. The van der Waals surface area contributed by atoms with Gasteiger partial charge >= 0.3 is 0 Å². The number of amides is 1. The van der Waals surface area contributed by atoms with Crippen LogP contribution in [0.5, 0.6) is 0 Å². The summed E-state index contributed by atoms with van der Waals surface area (Å²) in [5.74, 6) is 0.826. The monoisotopic (exact) mass is 544 g/mol. The Morgan fingerprint density at radius 2 is 1.84 bits per heavy atom. The molecule has 1 saturated carbocycles. The van der Waals surface area contributed by atoms with E-state index in [1.54, 1.807) is 7.11 Å². The molecule has 0 aromatic heterocycles. The Balaban J connectivity index is 0.00000480. The molecule has 6 nitrogen and oxygen atoms in total. The molecule has 7 heteroatoms. The van der Waals surface area contributed by atoms with E-state index in [9.17, 15) is 4.79 Å². The molecular formula is C24H41IN4O2. The van der Waals surface area contributed by atoms with Crippen molar-refractivity contribution in [1.82, 2.24) is 16.0 Å². The van der Waals surface area contributed by atoms with E-state index in [0.29, 0.717) is 17.5 Å². The van der Waals surface area contributed by atoms with E-state index >= 15 is 0 Å². The average molecular weight is 545 g/mol. The molecule has 1 fully saturated rings. The lowest BCUT2D eigenvalue weighted by molar-refractivity contribution is 0.0939. The van der Waals surface area contributed by atoms with Crippen LogP contribution in [0.15, 0.2) is 29.3 Å². The standard InChI is InChI=1S/C24H40N4O2.HI/c1-5-19(3)28-22(29)21-11-9-20(10-12-21)17-26-23(25-6-2)27-18-24(15-16-30-4)13-7-8-14-24;/h9-12,19H,5-8,13-18H2,1-4H3,(H,28,29)(H2,25,26,27);1H. The van der Waals surface area contributed by atoms with Crippen molar-refractivity contribution in [3.63, 3.8) is 0 Å². The van der Waals surface area contributed by atoms with Crippen molar-refractivity contribution in [3.8, 4) is 0 Å². The molecule has 0 saturated heterocycles. The Labute approximate surface area is 205 Å². The van der Waals surface area contributed by atoms with Gasteiger partial charge in [0.25, 0.3) is 5.91 Å². The first kappa shape index (κ1) is 27.7. The number of nitrogens with zero attached hydrogens (tertiary/aromatic N) is 1. The summed E-state index contributed by atoms with van der Waals surface area (Å²) in [7, 11) is 1.78. The second-order valence-corrected chi connectivity index (χ2v) is 8.48. The fourth-order valence-electron chi connectivity index (χ4n) is 3.91. The quantitative estimate of drug-likeness (QED) is 0.218. The van der Waals surface area contributed by atoms with Crippen molar-refractivity contribution in [2.45, 2.75) is 71.9 Å². The number of carbonyl (C=O) groups is 1. The van der Waals surface area contributed by atoms with Crippen LogP contribution in [-0.2, 0) is 11.3 Å². The molecule has 1 aromatic carbocycles. The average Bonchev–Trinajstić information content (AvgIpc) is 3.23. The Morgan fingerprint density at radius 1 is 1.16 bits per heavy atom. The maximum absolute atomic E-state index is 12.2. The number of methoxy groups -OCH3 is 1. The molecule has 1 aliphatic carbocycles. The van der Waals surface area contributed by atoms with Crippen LogP contribution in [0.25, 0.3) is 0 Å². The number of halogens is 1. The van der Waals surface area contributed by atoms with Crippen molar-refractivity contribution in [3.05, 3.63) is 35.4 Å². The highest BCUT2D eigenvalue weighted by molar-refractivity contribution is 14.0. The van der Waals surface area contributed by atoms with Crippen LogP contribution in [0.1, 0.15) is 75.2 Å². The van der Waals surface area contributed by atoms with E-state index in [4.69, 9.17) is 9.73 Å². The molecule has 1 aromatic rings. The lowest BCUT2D eigenvalue weighted by atomic mass is 9.83. The third kappa shape index (κ3) is 9.35. The fourth-order valence-corrected chi connectivity index (χ4v) is 3.91. The molecule has 0 bridgehead atoms. The van der Waals surface area contributed by atoms with Crippen LogP contribution in [0.4, 0.5) is 0 Å². The van der Waals surface area contributed by atoms with Crippen LogP contribution in [0.3, 0.4) is 0 Å². The zero-order chi connectivity index (χ0) is 21.8. The van der Waals surface area contributed by atoms with Crippen molar-refractivity contribution in [2.24, 2.45) is 10.4 Å². The van der Waals surface area contributed by atoms with Gasteiger partial charge in [0.15, 0.2) is 5.96 Å². The first-order chi connectivity index (χ1) is 14.5. The van der Waals surface area contributed by atoms with Gasteiger partial charge in [-0.05, 0) is 62.6 Å². The fraction of sp³-hybridized carbons (Fsp3) is 0.667. The molecule has 1 atom stereocenters. The number of carbonyl (C=O) groups excluding carboxylic acids is 1. The summed E-state index contributed by atoms with van der Waals surface area (Å²) < 4.78 is 5.34. The molecule has 0 radical (unpaired) electrons. The topological polar surface area (TPSA) is 74.8 Å². The minimum Gasteiger partial charge on any atom is -0.385 e. The van der Waals surface area contributed by atoms with Crippen LogP contribution in [-0.4, -0.2) is 44.7 Å². The number of rotatable bonds is 11. The summed E-state index contributed by atoms with van der Waals surface area (Å²) in [6.45, 7) is 9.30. The Hall–Kier alpha value is -1.35. The third-order valence-corrected chi connectivity index (χ3v) is 6.10. The van der Waals surface area contributed by atoms with Gasteiger partial charge in [0.2, 0.25) is 0 Å². The van der Waals surface area contributed by atoms with Gasteiger partial charge < -0.3 is 20.7 Å². The summed E-state index contributed by atoms with van der Waals surface area (Å²) >= 11 is 0. The van der Waals surface area contributed by atoms with Gasteiger partial charge in [-0.2, -0.15) is 0 Å². The zero-order valence-corrected chi connectivity index (χ0v) is 22.0. The number of nitrogens with one attached hydrogen (secondary N) is 3. The number of hydrogen-bond acceptors (Lipinski definition) is 3. The van der Waals surface area contributed by atoms with E-state index in [1.165, 1.54) is 25.7 Å². The summed E-state index contributed by atoms with van der Waals surface area (Å²) in [5, 5.41) is 9.91. The van der Waals surface area contributed by atoms with E-state index in [2.05, 4.69) is 29.8 Å². The van der Waals surface area contributed by atoms with Crippen molar-refractivity contribution in [1.29, 1.82) is 0 Å². The third-order valence-electron chi connectivity index (χ3n) is 6.10. The van der Waals surface area contributed by atoms with Crippen molar-refractivity contribution in [2.75, 3.05) is 26.8 Å². The maximum atomic E-state index is 12.2. The lowest BCUT2D eigenvalue weighted by Crippen LogP contribution is -2.43. The second kappa shape index (κ2) is 14.7. The molecule has 176 valence electrons. The predicted octanol–water partition coefficient (Wildman–Crippen LogP) is 4.48. The van der Waals surface area contributed by atoms with Gasteiger partial charge in [-0.15, -0.1) is 24.0 Å². The van der Waals surface area contributed by atoms with Crippen LogP contribution in [0.2, 0.25) is 0 Å². The molecular weight excluding hydrogens is 503 g/mol. The van der Waals surface area contributed by atoms with E-state index in [1.807, 2.05) is 31.2 Å². The second-order valence-electron chi connectivity index (χ2n) is 8.48. The van der Waals surface area contributed by atoms with E-state index < -0.39 is 0 Å². The Morgan fingerprint density at radius 3 is 2.42 bits per heavy atom. The normalized spacial score (nSPS) is 16.3. The first-order valence-electron chi connectivity index (χ1n) is 11.4. The Kier molecular flexibility index (Phi) is 13.1. The van der Waals surface area contributed by atoms with Gasteiger partial charge in [0.1, 0.15) is 0 Å². The van der Waals surface area contributed by atoms with Gasteiger partial charge in [0.05, 0.1) is 6.54 Å². The summed E-state index contributed by atoms with van der Waals surface area (Å²) in [6, 6.07) is 7.90. The van der Waals surface area contributed by atoms with Crippen LogP contribution in [0, 0.1) is 5.41 Å². The van der Waals surface area contributed by atoms with Crippen molar-refractivity contribution < 1.29 is 9.53 Å². The smallest absolute Gasteiger partial charge is 0.251 e. The highest BCUT2D eigenvalue weighted by Crippen LogP contribution is 2.40. The Bertz CT molecular complexity index is 673. The zero-order valence-electron chi connectivity index (χ0n) is 19.6. The largest absolute Gasteiger partial charge is 0.385 e. The summed E-state index contributed by atoms with van der Waals surface area (Å²) in [6.07, 6.45) is 7.12. The van der Waals surface area contributed by atoms with E-state index in [0.717, 1.165) is 44.1 Å². The van der Waals surface area contributed by atoms with Gasteiger partial charge in [-0.3, -0.25) is 4.79 Å². The highest BCUT2D eigenvalue weighted by atomic mass is 127. The molecule has 1 amide bonds. The molecule has 3 N–H and O–H groups in total. The van der Waals surface area contributed by atoms with Gasteiger partial charge in [-0.1, -0.05) is 31.9 Å². The number of aliphatic imine (C=N–C) groups is 1. The first-order valence-corrected chi connectivity index (χ1v) is 11.4. The lowest BCUT2D eigenvalue weighted by Gasteiger charge is -2.30. The summed E-state index contributed by atoms with van der Waals surface area (Å²) in [5.41, 5.74) is 2.09. The summed E-state index contributed by atoms with van der Waals surface area (Å²) in [4.78, 5) is 17.0. The van der Waals surface area contributed by atoms with Crippen LogP contribution < -0.4 is 16.0 Å². The molecule has 2 rings (SSSR count). The highest BCUT2D eigenvalue weighted by Gasteiger charge is 2.33. The predicted molar refractivity (Wildman–Crippen MR) is 139 cm³/mol. The number of hydrogen-bond donors (Lipinski definition) is 3. The molecule has 1 aliphatic rings. The number of guanidine groups is 1. The van der Waals surface area contributed by atoms with Crippen LogP contribution >= 0.6 is 24.0 Å². The molecule has 1 unspecified atom stereocenters. The number of ether oxygens (including phenoxy) is 1. The SMILES string of the molecule is CCNC(=NCc1ccc(C(=O)NC(C)CC)cc1)NCC1(CCOC)CCCC1.I. The maximum Gasteiger partial charge on any atom is 0.251 e. The van der Waals surface area contributed by atoms with Gasteiger partial charge in [-0.25, -0.2) is 4.99 Å². The van der Waals surface area contributed by atoms with Gasteiger partial charge in [0, 0.05) is 38.4 Å². The minimum atomic E-state index is -0.0210. The minimum absolute atomic E-state index is 0. The van der Waals surface area contributed by atoms with E-state index in [-0.39, 0.29) is 35.9 Å². The molecule has 0 spiro atoms. The molecule has 0 aliphatic heterocycles. The van der Waals surface area contributed by atoms with Crippen molar-refractivity contribution >= 4 is 35.8 Å². The molecule has 31 heavy (non-hydrogen) atoms. The molecule has 0 heterocycles.